The van der Waals surface area contributed by atoms with Crippen molar-refractivity contribution in [3.05, 3.63) is 39.9 Å². The van der Waals surface area contributed by atoms with Gasteiger partial charge in [0.1, 0.15) is 5.01 Å². The largest absolute Gasteiger partial charge is 0.375 e. The number of aromatic nitrogens is 2. The van der Waals surface area contributed by atoms with Crippen molar-refractivity contribution in [3.63, 3.8) is 0 Å². The minimum absolute atomic E-state index is 0.431. The molecule has 0 atom stereocenters. The second kappa shape index (κ2) is 8.02. The molecule has 0 amide bonds. The highest BCUT2D eigenvalue weighted by molar-refractivity contribution is 7.15. The molecule has 2 aliphatic rings. The van der Waals surface area contributed by atoms with Gasteiger partial charge < -0.3 is 9.64 Å². The first kappa shape index (κ1) is 17.3. The van der Waals surface area contributed by atoms with Crippen molar-refractivity contribution in [1.29, 1.82) is 0 Å². The summed E-state index contributed by atoms with van der Waals surface area (Å²) in [5, 5.41) is 11.7. The summed E-state index contributed by atoms with van der Waals surface area (Å²) in [7, 11) is 0. The summed E-state index contributed by atoms with van der Waals surface area (Å²) in [4.78, 5) is 2.36. The number of anilines is 1. The van der Waals surface area contributed by atoms with Gasteiger partial charge in [0.05, 0.1) is 12.2 Å². The van der Waals surface area contributed by atoms with Gasteiger partial charge in [0.25, 0.3) is 0 Å². The van der Waals surface area contributed by atoms with Crippen LogP contribution in [0, 0.1) is 0 Å². The summed E-state index contributed by atoms with van der Waals surface area (Å²) in [5.74, 6) is 0. The van der Waals surface area contributed by atoms with Crippen LogP contribution in [0.2, 0.25) is 5.02 Å². The molecule has 4 rings (SSSR count). The Labute approximate surface area is 158 Å². The van der Waals surface area contributed by atoms with E-state index in [1.807, 2.05) is 12.1 Å². The van der Waals surface area contributed by atoms with Gasteiger partial charge in [0.15, 0.2) is 0 Å². The third-order valence-corrected chi connectivity index (χ3v) is 6.36. The highest BCUT2D eigenvalue weighted by Crippen LogP contribution is 2.29. The molecule has 0 spiro atoms. The molecule has 2 fully saturated rings. The molecule has 0 N–H and O–H groups in total. The molecule has 134 valence electrons. The van der Waals surface area contributed by atoms with Crippen molar-refractivity contribution >= 4 is 28.1 Å². The predicted molar refractivity (Wildman–Crippen MR) is 103 cm³/mol. The van der Waals surface area contributed by atoms with Crippen LogP contribution < -0.4 is 4.90 Å². The minimum atomic E-state index is 0.431. The zero-order valence-corrected chi connectivity index (χ0v) is 15.9. The average molecular weight is 378 g/mol. The number of nitrogens with zero attached hydrogens (tertiary/aromatic N) is 3. The smallest absolute Gasteiger partial charge is 0.208 e. The van der Waals surface area contributed by atoms with Gasteiger partial charge in [0, 0.05) is 24.5 Å². The molecule has 1 saturated carbocycles. The lowest BCUT2D eigenvalue weighted by molar-refractivity contribution is -0.0194. The van der Waals surface area contributed by atoms with Crippen LogP contribution in [-0.2, 0) is 11.2 Å². The molecule has 0 radical (unpaired) electrons. The number of hydrogen-bond acceptors (Lipinski definition) is 5. The number of ether oxygens (including phenoxy) is 1. The summed E-state index contributed by atoms with van der Waals surface area (Å²) >= 11 is 7.65. The summed E-state index contributed by atoms with van der Waals surface area (Å²) < 4.78 is 6.26. The van der Waals surface area contributed by atoms with Crippen molar-refractivity contribution in [2.24, 2.45) is 0 Å². The molecule has 4 nitrogen and oxygen atoms in total. The SMILES string of the molecule is Clc1ccc(Cc2nnc(N3CCC(OC4CCCC4)CC3)s2)cc1. The maximum absolute atomic E-state index is 6.26. The molecule has 0 unspecified atom stereocenters. The third kappa shape index (κ3) is 4.52. The van der Waals surface area contributed by atoms with Crippen LogP contribution in [-0.4, -0.2) is 35.5 Å². The Morgan fingerprint density at radius 3 is 2.40 bits per heavy atom. The first-order chi connectivity index (χ1) is 12.3. The van der Waals surface area contributed by atoms with E-state index >= 15 is 0 Å². The van der Waals surface area contributed by atoms with Gasteiger partial charge in [-0.15, -0.1) is 10.2 Å². The Morgan fingerprint density at radius 2 is 1.68 bits per heavy atom. The topological polar surface area (TPSA) is 38.2 Å². The number of hydrogen-bond donors (Lipinski definition) is 0. The van der Waals surface area contributed by atoms with Crippen LogP contribution in [0.4, 0.5) is 5.13 Å². The quantitative estimate of drug-likeness (QED) is 0.756. The Bertz CT molecular complexity index is 676. The maximum atomic E-state index is 6.26. The Hall–Kier alpha value is -1.17. The van der Waals surface area contributed by atoms with Crippen LogP contribution in [0.15, 0.2) is 24.3 Å². The second-order valence-electron chi connectivity index (χ2n) is 7.01. The molecule has 6 heteroatoms. The van der Waals surface area contributed by atoms with E-state index < -0.39 is 0 Å². The Morgan fingerprint density at radius 1 is 1.00 bits per heavy atom. The van der Waals surface area contributed by atoms with Crippen molar-refractivity contribution in [2.75, 3.05) is 18.0 Å². The van der Waals surface area contributed by atoms with E-state index in [1.54, 1.807) is 11.3 Å². The fourth-order valence-electron chi connectivity index (χ4n) is 3.70. The van der Waals surface area contributed by atoms with Crippen LogP contribution in [0.3, 0.4) is 0 Å². The molecule has 1 saturated heterocycles. The highest BCUT2D eigenvalue weighted by atomic mass is 35.5. The summed E-state index contributed by atoms with van der Waals surface area (Å²) in [6.07, 6.45) is 9.15. The molecule has 1 aliphatic carbocycles. The van der Waals surface area contributed by atoms with Crippen LogP contribution >= 0.6 is 22.9 Å². The first-order valence-corrected chi connectivity index (χ1v) is 10.4. The number of halogens is 1. The fourth-order valence-corrected chi connectivity index (χ4v) is 4.75. The van der Waals surface area contributed by atoms with Crippen LogP contribution in [0.25, 0.3) is 0 Å². The summed E-state index contributed by atoms with van der Waals surface area (Å²) in [6.45, 7) is 2.04. The van der Waals surface area contributed by atoms with Crippen molar-refractivity contribution < 1.29 is 4.74 Å². The zero-order valence-electron chi connectivity index (χ0n) is 14.4. The summed E-state index contributed by atoms with van der Waals surface area (Å²) in [5.41, 5.74) is 1.22. The summed E-state index contributed by atoms with van der Waals surface area (Å²) in [6, 6.07) is 7.95. The van der Waals surface area contributed by atoms with E-state index in [2.05, 4.69) is 27.2 Å². The predicted octanol–water partition coefficient (Wildman–Crippen LogP) is 4.71. The molecule has 0 bridgehead atoms. The Balaban J connectivity index is 1.29. The van der Waals surface area contributed by atoms with Gasteiger partial charge in [-0.1, -0.05) is 47.9 Å². The highest BCUT2D eigenvalue weighted by Gasteiger charge is 2.26. The third-order valence-electron chi connectivity index (χ3n) is 5.12. The lowest BCUT2D eigenvalue weighted by Gasteiger charge is -2.32. The standard InChI is InChI=1S/C19H24ClN3OS/c20-15-7-5-14(6-8-15)13-18-21-22-19(25-18)23-11-9-17(10-12-23)24-16-3-1-2-4-16/h5-8,16-17H,1-4,9-13H2. The monoisotopic (exact) mass is 377 g/mol. The van der Waals surface area contributed by atoms with E-state index in [0.29, 0.717) is 12.2 Å². The molecular weight excluding hydrogens is 354 g/mol. The van der Waals surface area contributed by atoms with Gasteiger partial charge in [-0.3, -0.25) is 0 Å². The molecule has 1 aromatic heterocycles. The zero-order chi connectivity index (χ0) is 17.1. The van der Waals surface area contributed by atoms with Gasteiger partial charge in [0.2, 0.25) is 5.13 Å². The normalized spacial score (nSPS) is 19.6. The molecule has 2 aromatic rings. The molecule has 25 heavy (non-hydrogen) atoms. The van der Waals surface area contributed by atoms with Crippen LogP contribution in [0.1, 0.15) is 49.1 Å². The Kier molecular flexibility index (Phi) is 5.54. The lowest BCUT2D eigenvalue weighted by atomic mass is 10.1. The van der Waals surface area contributed by atoms with Gasteiger partial charge >= 0.3 is 0 Å². The average Bonchev–Trinajstić information content (AvgIpc) is 3.30. The maximum Gasteiger partial charge on any atom is 0.208 e. The van der Waals surface area contributed by atoms with E-state index in [1.165, 1.54) is 31.2 Å². The van der Waals surface area contributed by atoms with E-state index in [9.17, 15) is 0 Å². The number of rotatable bonds is 5. The molecule has 1 aromatic carbocycles. The minimum Gasteiger partial charge on any atom is -0.375 e. The van der Waals surface area contributed by atoms with Crippen molar-refractivity contribution in [1.82, 2.24) is 10.2 Å². The lowest BCUT2D eigenvalue weighted by Crippen LogP contribution is -2.38. The van der Waals surface area contributed by atoms with Gasteiger partial charge in [-0.05, 0) is 43.4 Å². The van der Waals surface area contributed by atoms with E-state index in [-0.39, 0.29) is 0 Å². The van der Waals surface area contributed by atoms with Crippen molar-refractivity contribution in [2.45, 2.75) is 57.2 Å². The van der Waals surface area contributed by atoms with Crippen molar-refractivity contribution in [3.8, 4) is 0 Å². The van der Waals surface area contributed by atoms with Gasteiger partial charge in [-0.25, -0.2) is 0 Å². The fraction of sp³-hybridized carbons (Fsp3) is 0.579. The number of piperidine rings is 1. The molecule has 1 aliphatic heterocycles. The molecular formula is C19H24ClN3OS. The second-order valence-corrected chi connectivity index (χ2v) is 8.49. The number of benzene rings is 1. The first-order valence-electron chi connectivity index (χ1n) is 9.23. The van der Waals surface area contributed by atoms with Gasteiger partial charge in [-0.2, -0.15) is 0 Å². The van der Waals surface area contributed by atoms with E-state index in [4.69, 9.17) is 16.3 Å². The van der Waals surface area contributed by atoms with Crippen LogP contribution in [0.5, 0.6) is 0 Å². The van der Waals surface area contributed by atoms with E-state index in [0.717, 1.165) is 47.5 Å². The molecule has 2 heterocycles.